The third kappa shape index (κ3) is 2.57. The minimum atomic E-state index is -2.34. The predicted octanol–water partition coefficient (Wildman–Crippen LogP) is 2.08. The molecule has 0 heterocycles. The predicted molar refractivity (Wildman–Crippen MR) is 56.5 cm³/mol. The van der Waals surface area contributed by atoms with Crippen LogP contribution in [0, 0.1) is 0 Å². The summed E-state index contributed by atoms with van der Waals surface area (Å²) in [5.74, 6) is 0. The number of rotatable bonds is 2. The minimum absolute atomic E-state index is 0.0990. The maximum atomic E-state index is 11.8. The van der Waals surface area contributed by atoms with Crippen molar-refractivity contribution in [2.75, 3.05) is 13.3 Å². The van der Waals surface area contributed by atoms with E-state index in [4.69, 9.17) is 16.7 Å². The van der Waals surface area contributed by atoms with Gasteiger partial charge in [0.05, 0.1) is 6.61 Å². The van der Waals surface area contributed by atoms with Crippen molar-refractivity contribution >= 4 is 24.0 Å². The van der Waals surface area contributed by atoms with Crippen molar-refractivity contribution in [3.05, 3.63) is 28.8 Å². The van der Waals surface area contributed by atoms with Crippen LogP contribution in [0.2, 0.25) is 5.02 Å². The summed E-state index contributed by atoms with van der Waals surface area (Å²) in [5, 5.41) is 10.2. The van der Waals surface area contributed by atoms with Crippen LogP contribution in [0.4, 0.5) is 0 Å². The van der Waals surface area contributed by atoms with Gasteiger partial charge in [0.15, 0.2) is 0 Å². The molecule has 4 heteroatoms. The summed E-state index contributed by atoms with van der Waals surface area (Å²) in [7, 11) is -2.34. The van der Waals surface area contributed by atoms with Gasteiger partial charge >= 0.3 is 0 Å². The minimum Gasteiger partial charge on any atom is -0.392 e. The van der Waals surface area contributed by atoms with Crippen LogP contribution in [0.15, 0.2) is 18.2 Å². The summed E-state index contributed by atoms with van der Waals surface area (Å²) < 4.78 is 11.8. The number of aliphatic hydroxyl groups is 1. The Morgan fingerprint density at radius 1 is 1.46 bits per heavy atom. The molecule has 0 saturated carbocycles. The lowest BCUT2D eigenvalue weighted by atomic mass is 10.2. The highest BCUT2D eigenvalue weighted by Gasteiger charge is 2.15. The van der Waals surface area contributed by atoms with Gasteiger partial charge in [-0.3, -0.25) is 0 Å². The highest BCUT2D eigenvalue weighted by Crippen LogP contribution is 2.36. The molecule has 0 fully saturated rings. The SMILES string of the molecule is CP(C)(=O)c1cc(Cl)ccc1CO. The average molecular weight is 219 g/mol. The van der Waals surface area contributed by atoms with Gasteiger partial charge in [-0.2, -0.15) is 0 Å². The Morgan fingerprint density at radius 2 is 2.08 bits per heavy atom. The monoisotopic (exact) mass is 218 g/mol. The Bertz CT molecular complexity index is 357. The van der Waals surface area contributed by atoms with E-state index < -0.39 is 7.14 Å². The largest absolute Gasteiger partial charge is 0.392 e. The highest BCUT2D eigenvalue weighted by molar-refractivity contribution is 7.70. The molecule has 0 atom stereocenters. The molecule has 1 N–H and O–H groups in total. The van der Waals surface area contributed by atoms with Crippen LogP contribution >= 0.6 is 18.7 Å². The van der Waals surface area contributed by atoms with E-state index in [1.54, 1.807) is 31.5 Å². The van der Waals surface area contributed by atoms with E-state index in [1.165, 1.54) is 0 Å². The van der Waals surface area contributed by atoms with Crippen molar-refractivity contribution < 1.29 is 9.67 Å². The molecule has 0 saturated heterocycles. The lowest BCUT2D eigenvalue weighted by Gasteiger charge is -2.11. The summed E-state index contributed by atoms with van der Waals surface area (Å²) in [6.45, 7) is 3.23. The first-order valence-electron chi connectivity index (χ1n) is 3.90. The van der Waals surface area contributed by atoms with Gasteiger partial charge < -0.3 is 9.67 Å². The molecule has 2 nitrogen and oxygen atoms in total. The molecular formula is C9H12ClO2P. The molecular weight excluding hydrogens is 207 g/mol. The second kappa shape index (κ2) is 3.83. The zero-order valence-corrected chi connectivity index (χ0v) is 9.27. The fourth-order valence-electron chi connectivity index (χ4n) is 1.17. The van der Waals surface area contributed by atoms with Gasteiger partial charge in [0.25, 0.3) is 0 Å². The van der Waals surface area contributed by atoms with Gasteiger partial charge in [-0.1, -0.05) is 17.7 Å². The molecule has 0 aliphatic carbocycles. The van der Waals surface area contributed by atoms with E-state index >= 15 is 0 Å². The van der Waals surface area contributed by atoms with Gasteiger partial charge in [0.1, 0.15) is 7.14 Å². The summed E-state index contributed by atoms with van der Waals surface area (Å²) in [6.07, 6.45) is 0. The van der Waals surface area contributed by atoms with Crippen LogP contribution < -0.4 is 5.30 Å². The van der Waals surface area contributed by atoms with Crippen LogP contribution in [0.5, 0.6) is 0 Å². The number of hydrogen-bond donors (Lipinski definition) is 1. The van der Waals surface area contributed by atoms with Crippen LogP contribution in [0.25, 0.3) is 0 Å². The first kappa shape index (κ1) is 10.8. The second-order valence-electron chi connectivity index (χ2n) is 3.28. The maximum absolute atomic E-state index is 11.8. The van der Waals surface area contributed by atoms with E-state index in [0.29, 0.717) is 15.9 Å². The van der Waals surface area contributed by atoms with Crippen molar-refractivity contribution in [2.24, 2.45) is 0 Å². The molecule has 1 aromatic carbocycles. The molecule has 1 aromatic rings. The molecule has 0 aromatic heterocycles. The number of aliphatic hydroxyl groups excluding tert-OH is 1. The van der Waals surface area contributed by atoms with Gasteiger partial charge in [-0.15, -0.1) is 0 Å². The number of hydrogen-bond acceptors (Lipinski definition) is 2. The van der Waals surface area contributed by atoms with Crippen LogP contribution in [0.3, 0.4) is 0 Å². The fourth-order valence-corrected chi connectivity index (χ4v) is 2.71. The van der Waals surface area contributed by atoms with E-state index in [2.05, 4.69) is 0 Å². The van der Waals surface area contributed by atoms with Crippen LogP contribution in [-0.4, -0.2) is 18.4 Å². The van der Waals surface area contributed by atoms with E-state index in [0.717, 1.165) is 0 Å². The Labute approximate surface area is 82.9 Å². The van der Waals surface area contributed by atoms with E-state index in [-0.39, 0.29) is 6.61 Å². The van der Waals surface area contributed by atoms with Crippen molar-refractivity contribution in [1.82, 2.24) is 0 Å². The van der Waals surface area contributed by atoms with Crippen molar-refractivity contribution in [2.45, 2.75) is 6.61 Å². The third-order valence-corrected chi connectivity index (χ3v) is 3.61. The number of benzene rings is 1. The van der Waals surface area contributed by atoms with Crippen molar-refractivity contribution in [3.8, 4) is 0 Å². The first-order chi connectivity index (χ1) is 5.95. The third-order valence-electron chi connectivity index (χ3n) is 1.80. The Hall–Kier alpha value is -0.300. The van der Waals surface area contributed by atoms with Gasteiger partial charge in [-0.05, 0) is 31.0 Å². The van der Waals surface area contributed by atoms with Gasteiger partial charge in [-0.25, -0.2) is 0 Å². The molecule has 0 amide bonds. The standard InChI is InChI=1S/C9H12ClO2P/c1-13(2,12)9-5-8(10)4-3-7(9)6-11/h3-5,11H,6H2,1-2H3. The molecule has 0 aliphatic rings. The summed E-state index contributed by atoms with van der Waals surface area (Å²) in [6, 6.07) is 5.05. The van der Waals surface area contributed by atoms with E-state index in [9.17, 15) is 4.57 Å². The van der Waals surface area contributed by atoms with Crippen LogP contribution in [-0.2, 0) is 11.2 Å². The summed E-state index contributed by atoms with van der Waals surface area (Å²) in [4.78, 5) is 0. The van der Waals surface area contributed by atoms with Gasteiger partial charge in [0, 0.05) is 10.3 Å². The Morgan fingerprint density at radius 3 is 2.54 bits per heavy atom. The average Bonchev–Trinajstić information content (AvgIpc) is 2.03. The molecule has 1 rings (SSSR count). The zero-order chi connectivity index (χ0) is 10.1. The lowest BCUT2D eigenvalue weighted by Crippen LogP contribution is -2.10. The molecule has 0 aliphatic heterocycles. The number of halogens is 1. The molecule has 0 radical (unpaired) electrons. The summed E-state index contributed by atoms with van der Waals surface area (Å²) >= 11 is 5.78. The topological polar surface area (TPSA) is 37.3 Å². The van der Waals surface area contributed by atoms with Crippen LogP contribution in [0.1, 0.15) is 5.56 Å². The van der Waals surface area contributed by atoms with Crippen molar-refractivity contribution in [3.63, 3.8) is 0 Å². The van der Waals surface area contributed by atoms with E-state index in [1.807, 2.05) is 0 Å². The summed E-state index contributed by atoms with van der Waals surface area (Å²) in [5.41, 5.74) is 0.692. The molecule has 0 unspecified atom stereocenters. The van der Waals surface area contributed by atoms with Crippen molar-refractivity contribution in [1.29, 1.82) is 0 Å². The fraction of sp³-hybridized carbons (Fsp3) is 0.333. The quantitative estimate of drug-likeness (QED) is 0.772. The molecule has 13 heavy (non-hydrogen) atoms. The van der Waals surface area contributed by atoms with Gasteiger partial charge in [0.2, 0.25) is 0 Å². The first-order valence-corrected chi connectivity index (χ1v) is 6.88. The molecule has 0 spiro atoms. The molecule has 0 bridgehead atoms. The lowest BCUT2D eigenvalue weighted by molar-refractivity contribution is 0.283. The highest BCUT2D eigenvalue weighted by atomic mass is 35.5. The zero-order valence-electron chi connectivity index (χ0n) is 7.62. The smallest absolute Gasteiger partial charge is 0.110 e. The normalized spacial score (nSPS) is 11.7. The Balaban J connectivity index is 3.33. The Kier molecular flexibility index (Phi) is 3.18. The maximum Gasteiger partial charge on any atom is 0.110 e. The molecule has 72 valence electrons. The second-order valence-corrected chi connectivity index (χ2v) is 6.90.